The van der Waals surface area contributed by atoms with Gasteiger partial charge >= 0.3 is 0 Å². The minimum absolute atomic E-state index is 0. The molecule has 1 aliphatic rings. The number of nitrogens with two attached hydrogens (primary N) is 1. The number of phenolic OH excluding ortho intramolecular Hbond substituents is 1. The zero-order valence-electron chi connectivity index (χ0n) is 9.42. The van der Waals surface area contributed by atoms with Crippen LogP contribution in [-0.4, -0.2) is 10.0 Å². The Kier molecular flexibility index (Phi) is 3.95. The molecule has 0 aromatic heterocycles. The van der Waals surface area contributed by atoms with Gasteiger partial charge in [-0.05, 0) is 37.3 Å². The highest BCUT2D eigenvalue weighted by molar-refractivity contribution is 5.85. The number of hydrogen-bond acceptors (Lipinski definition) is 4. The zero-order valence-corrected chi connectivity index (χ0v) is 10.2. The van der Waals surface area contributed by atoms with Gasteiger partial charge in [-0.2, -0.15) is 0 Å². The van der Waals surface area contributed by atoms with Crippen molar-refractivity contribution >= 4 is 18.1 Å². The lowest BCUT2D eigenvalue weighted by molar-refractivity contribution is -0.385. The van der Waals surface area contributed by atoms with Crippen molar-refractivity contribution in [1.82, 2.24) is 0 Å². The minimum Gasteiger partial charge on any atom is -0.507 e. The highest BCUT2D eigenvalue weighted by atomic mass is 35.5. The second-order valence-corrected chi connectivity index (χ2v) is 4.28. The van der Waals surface area contributed by atoms with Gasteiger partial charge in [-0.1, -0.05) is 0 Å². The van der Waals surface area contributed by atoms with Crippen LogP contribution in [0.2, 0.25) is 0 Å². The van der Waals surface area contributed by atoms with E-state index in [4.69, 9.17) is 5.73 Å². The van der Waals surface area contributed by atoms with Crippen molar-refractivity contribution in [3.8, 4) is 5.75 Å². The van der Waals surface area contributed by atoms with Crippen molar-refractivity contribution < 1.29 is 10.0 Å². The van der Waals surface area contributed by atoms with Crippen LogP contribution in [0.4, 0.5) is 5.69 Å². The summed E-state index contributed by atoms with van der Waals surface area (Å²) in [5.74, 6) is 0.236. The van der Waals surface area contributed by atoms with E-state index in [0.717, 1.165) is 12.8 Å². The van der Waals surface area contributed by atoms with Crippen LogP contribution in [0.15, 0.2) is 12.1 Å². The number of aryl methyl sites for hydroxylation is 1. The largest absolute Gasteiger partial charge is 0.507 e. The van der Waals surface area contributed by atoms with Crippen molar-refractivity contribution in [3.05, 3.63) is 33.4 Å². The molecule has 1 aromatic rings. The van der Waals surface area contributed by atoms with E-state index in [0.29, 0.717) is 5.56 Å². The molecule has 0 aliphatic heterocycles. The van der Waals surface area contributed by atoms with E-state index < -0.39 is 11.0 Å². The number of nitro benzene ring substituents is 1. The molecule has 0 saturated heterocycles. The van der Waals surface area contributed by atoms with Gasteiger partial charge in [0.2, 0.25) is 0 Å². The molecular weight excluding hydrogens is 244 g/mol. The van der Waals surface area contributed by atoms with Crippen molar-refractivity contribution in [3.63, 3.8) is 0 Å². The lowest BCUT2D eigenvalue weighted by Gasteiger charge is -2.14. The van der Waals surface area contributed by atoms with E-state index in [1.165, 1.54) is 12.1 Å². The van der Waals surface area contributed by atoms with Crippen LogP contribution in [0.5, 0.6) is 5.75 Å². The highest BCUT2D eigenvalue weighted by Gasteiger charge is 2.35. The Balaban J connectivity index is 0.00000144. The van der Waals surface area contributed by atoms with Crippen LogP contribution >= 0.6 is 12.4 Å². The topological polar surface area (TPSA) is 89.4 Å². The molecule has 2 rings (SSSR count). The van der Waals surface area contributed by atoms with Crippen molar-refractivity contribution in [2.45, 2.75) is 25.8 Å². The molecular formula is C11H15ClN2O3. The Hall–Kier alpha value is -1.33. The molecule has 1 fully saturated rings. The Morgan fingerprint density at radius 2 is 2.12 bits per heavy atom. The highest BCUT2D eigenvalue weighted by Crippen LogP contribution is 2.45. The van der Waals surface area contributed by atoms with Gasteiger partial charge in [0.15, 0.2) is 0 Å². The predicted molar refractivity (Wildman–Crippen MR) is 66.4 cm³/mol. The van der Waals surface area contributed by atoms with Gasteiger partial charge in [0.05, 0.1) is 10.5 Å². The van der Waals surface area contributed by atoms with Crippen molar-refractivity contribution in [1.29, 1.82) is 0 Å². The molecule has 17 heavy (non-hydrogen) atoms. The van der Waals surface area contributed by atoms with E-state index in [1.54, 1.807) is 6.92 Å². The molecule has 0 heterocycles. The molecule has 0 spiro atoms. The maximum absolute atomic E-state index is 10.9. The maximum atomic E-state index is 10.9. The Bertz CT molecular complexity index is 447. The van der Waals surface area contributed by atoms with Crippen LogP contribution < -0.4 is 5.73 Å². The van der Waals surface area contributed by atoms with Gasteiger partial charge in [-0.15, -0.1) is 12.4 Å². The summed E-state index contributed by atoms with van der Waals surface area (Å²) in [5, 5.41) is 20.8. The summed E-state index contributed by atoms with van der Waals surface area (Å²) in [6.45, 7) is 1.71. The summed E-state index contributed by atoms with van der Waals surface area (Å²) in [4.78, 5) is 10.4. The first-order chi connectivity index (χ1) is 7.52. The number of hydrogen-bond donors (Lipinski definition) is 2. The van der Waals surface area contributed by atoms with Crippen LogP contribution in [0.1, 0.15) is 30.0 Å². The Morgan fingerprint density at radius 3 is 2.59 bits per heavy atom. The number of benzene rings is 1. The van der Waals surface area contributed by atoms with Crippen LogP contribution in [0, 0.1) is 23.0 Å². The van der Waals surface area contributed by atoms with Crippen molar-refractivity contribution in [2.75, 3.05) is 0 Å². The molecule has 1 saturated carbocycles. The van der Waals surface area contributed by atoms with Gasteiger partial charge in [0, 0.05) is 12.1 Å². The van der Waals surface area contributed by atoms with E-state index in [1.807, 2.05) is 0 Å². The first-order valence-corrected chi connectivity index (χ1v) is 5.24. The lowest BCUT2D eigenvalue weighted by atomic mass is 9.98. The Labute approximate surface area is 105 Å². The molecule has 5 nitrogen and oxygen atoms in total. The lowest BCUT2D eigenvalue weighted by Crippen LogP contribution is -2.15. The van der Waals surface area contributed by atoms with Crippen LogP contribution in [0.25, 0.3) is 0 Å². The molecule has 1 aromatic carbocycles. The van der Waals surface area contributed by atoms with Crippen LogP contribution in [-0.2, 0) is 0 Å². The molecule has 6 heteroatoms. The normalized spacial score (nSPS) is 16.1. The zero-order chi connectivity index (χ0) is 11.9. The van der Waals surface area contributed by atoms with E-state index in [9.17, 15) is 15.2 Å². The smallest absolute Gasteiger partial charge is 0.277 e. The third-order valence-electron chi connectivity index (χ3n) is 3.06. The number of nitrogens with zero attached hydrogens (tertiary/aromatic N) is 1. The van der Waals surface area contributed by atoms with Gasteiger partial charge in [-0.25, -0.2) is 0 Å². The fourth-order valence-electron chi connectivity index (χ4n) is 1.89. The van der Waals surface area contributed by atoms with Gasteiger partial charge < -0.3 is 10.8 Å². The number of halogens is 1. The standard InChI is InChI=1S/C11H14N2O3.ClH/c1-6-2-5-8(13(15)16)9(11(6)14)10(12)7-3-4-7;/h2,5,7,10,14H,3-4,12H2,1H3;1H/t10-;/m0./s1. The second-order valence-electron chi connectivity index (χ2n) is 4.28. The van der Waals surface area contributed by atoms with Gasteiger partial charge in [0.25, 0.3) is 5.69 Å². The number of phenols is 1. The molecule has 1 atom stereocenters. The number of aromatic hydroxyl groups is 1. The van der Waals surface area contributed by atoms with E-state index >= 15 is 0 Å². The van der Waals surface area contributed by atoms with Gasteiger partial charge in [0.1, 0.15) is 5.75 Å². The van der Waals surface area contributed by atoms with E-state index in [2.05, 4.69) is 0 Å². The quantitative estimate of drug-likeness (QED) is 0.644. The molecule has 94 valence electrons. The molecule has 0 amide bonds. The predicted octanol–water partition coefficient (Wildman–Crippen LogP) is 2.44. The summed E-state index contributed by atoms with van der Waals surface area (Å²) in [7, 11) is 0. The number of nitro groups is 1. The summed E-state index contributed by atoms with van der Waals surface area (Å²) in [5.41, 5.74) is 6.77. The second kappa shape index (κ2) is 4.89. The fourth-order valence-corrected chi connectivity index (χ4v) is 1.89. The third-order valence-corrected chi connectivity index (χ3v) is 3.06. The van der Waals surface area contributed by atoms with E-state index in [-0.39, 0.29) is 35.3 Å². The molecule has 0 bridgehead atoms. The van der Waals surface area contributed by atoms with Gasteiger partial charge in [-0.3, -0.25) is 10.1 Å². The molecule has 1 aliphatic carbocycles. The summed E-state index contributed by atoms with van der Waals surface area (Å²) < 4.78 is 0. The summed E-state index contributed by atoms with van der Waals surface area (Å²) in [6.07, 6.45) is 1.96. The molecule has 3 N–H and O–H groups in total. The maximum Gasteiger partial charge on any atom is 0.277 e. The average Bonchev–Trinajstić information content (AvgIpc) is 3.04. The van der Waals surface area contributed by atoms with Crippen LogP contribution in [0.3, 0.4) is 0 Å². The first kappa shape index (κ1) is 13.7. The number of rotatable bonds is 3. The fraction of sp³-hybridized carbons (Fsp3) is 0.455. The first-order valence-electron chi connectivity index (χ1n) is 5.24. The minimum atomic E-state index is -0.489. The molecule has 0 unspecified atom stereocenters. The summed E-state index contributed by atoms with van der Waals surface area (Å²) in [6, 6.07) is 2.52. The molecule has 0 radical (unpaired) electrons. The third kappa shape index (κ3) is 2.50. The summed E-state index contributed by atoms with van der Waals surface area (Å²) >= 11 is 0. The SMILES string of the molecule is Cc1ccc([N+](=O)[O-])c([C@@H](N)C2CC2)c1O.Cl. The van der Waals surface area contributed by atoms with Crippen molar-refractivity contribution in [2.24, 2.45) is 11.7 Å². The Morgan fingerprint density at radius 1 is 1.53 bits per heavy atom. The monoisotopic (exact) mass is 258 g/mol. The average molecular weight is 259 g/mol.